The maximum absolute atomic E-state index is 13.0. The van der Waals surface area contributed by atoms with Crippen LogP contribution in [0.3, 0.4) is 0 Å². The topological polar surface area (TPSA) is 60.9 Å². The summed E-state index contributed by atoms with van der Waals surface area (Å²) < 4.78 is 0. The number of hydrogen-bond acceptors (Lipinski definition) is 3. The Kier molecular flexibility index (Phi) is 4.18. The van der Waals surface area contributed by atoms with Gasteiger partial charge in [0, 0.05) is 17.4 Å². The highest BCUT2D eigenvalue weighted by Gasteiger charge is 2.45. The fourth-order valence-electron chi connectivity index (χ4n) is 3.95. The van der Waals surface area contributed by atoms with E-state index in [9.17, 15) is 14.4 Å². The third-order valence-corrected chi connectivity index (χ3v) is 5.25. The molecule has 4 rings (SSSR count). The molecule has 2 atom stereocenters. The monoisotopic (exact) mass is 363 g/mol. The number of hydrogen-bond donors (Lipinski definition) is 0. The zero-order valence-electron chi connectivity index (χ0n) is 15.3. The minimum atomic E-state index is -0.629. The molecule has 0 aliphatic carbocycles. The van der Waals surface area contributed by atoms with E-state index in [1.165, 1.54) is 4.90 Å². The smallest absolute Gasteiger partial charge is 0.307 e. The van der Waals surface area contributed by atoms with E-state index < -0.39 is 12.1 Å². The van der Waals surface area contributed by atoms with Crippen molar-refractivity contribution in [3.8, 4) is 0 Å². The van der Waals surface area contributed by atoms with Crippen molar-refractivity contribution in [2.24, 2.45) is 0 Å². The van der Waals surface area contributed by atoms with Crippen LogP contribution in [0.15, 0.2) is 54.6 Å². The summed E-state index contributed by atoms with van der Waals surface area (Å²) in [5.74, 6) is -0.589. The van der Waals surface area contributed by atoms with Crippen molar-refractivity contribution in [3.63, 3.8) is 0 Å². The molecule has 0 N–H and O–H groups in total. The number of benzene rings is 2. The summed E-state index contributed by atoms with van der Waals surface area (Å²) >= 11 is 0. The lowest BCUT2D eigenvalue weighted by Gasteiger charge is -2.25. The molecule has 0 radical (unpaired) electrons. The van der Waals surface area contributed by atoms with Crippen LogP contribution in [-0.4, -0.2) is 41.4 Å². The van der Waals surface area contributed by atoms with Gasteiger partial charge in [-0.1, -0.05) is 36.4 Å². The van der Waals surface area contributed by atoms with Gasteiger partial charge in [0.05, 0.1) is 0 Å². The van der Waals surface area contributed by atoms with Gasteiger partial charge in [-0.3, -0.25) is 19.4 Å². The van der Waals surface area contributed by atoms with Gasteiger partial charge in [0.1, 0.15) is 12.6 Å². The molecule has 2 aliphatic rings. The molecule has 0 spiro atoms. The standard InChI is InChI=1S/C21H21N3O3/c1-14-12-16-8-6-7-11-18(16)23(14)19(25)13-22-20(26)15(2)24(21(22)27)17-9-4-3-5-10-17/h3-11,14-15H,12-13H2,1-2H3/t14-,15+/m1/s1. The van der Waals surface area contributed by atoms with Crippen LogP contribution in [0.4, 0.5) is 16.2 Å². The zero-order chi connectivity index (χ0) is 19.1. The normalized spacial score (nSPS) is 21.8. The van der Waals surface area contributed by atoms with Crippen LogP contribution in [0, 0.1) is 0 Å². The summed E-state index contributed by atoms with van der Waals surface area (Å²) in [7, 11) is 0. The number of carbonyl (C=O) groups is 3. The Morgan fingerprint density at radius 2 is 1.67 bits per heavy atom. The van der Waals surface area contributed by atoms with Gasteiger partial charge in [0.2, 0.25) is 5.91 Å². The number of fused-ring (bicyclic) bond motifs is 1. The minimum Gasteiger partial charge on any atom is -0.307 e. The molecule has 2 heterocycles. The molecule has 2 aromatic rings. The van der Waals surface area contributed by atoms with Gasteiger partial charge >= 0.3 is 6.03 Å². The lowest BCUT2D eigenvalue weighted by Crippen LogP contribution is -2.45. The number of para-hydroxylation sites is 2. The Bertz CT molecular complexity index is 912. The first kappa shape index (κ1) is 17.3. The number of rotatable bonds is 3. The quantitative estimate of drug-likeness (QED) is 0.788. The number of amides is 4. The van der Waals surface area contributed by atoms with Gasteiger partial charge < -0.3 is 4.90 Å². The third kappa shape index (κ3) is 2.77. The molecule has 0 saturated carbocycles. The van der Waals surface area contributed by atoms with Crippen molar-refractivity contribution in [1.82, 2.24) is 4.90 Å². The summed E-state index contributed by atoms with van der Waals surface area (Å²) in [6.07, 6.45) is 0.774. The van der Waals surface area contributed by atoms with Crippen LogP contribution in [0.2, 0.25) is 0 Å². The Labute approximate surface area is 158 Å². The number of imide groups is 1. The van der Waals surface area contributed by atoms with Crippen molar-refractivity contribution in [1.29, 1.82) is 0 Å². The second-order valence-electron chi connectivity index (χ2n) is 7.03. The summed E-state index contributed by atoms with van der Waals surface area (Å²) in [5.41, 5.74) is 2.62. The van der Waals surface area contributed by atoms with E-state index in [2.05, 4.69) is 0 Å². The van der Waals surface area contributed by atoms with Crippen LogP contribution in [0.1, 0.15) is 19.4 Å². The molecule has 2 aliphatic heterocycles. The average Bonchev–Trinajstić information content (AvgIpc) is 3.11. The van der Waals surface area contributed by atoms with E-state index in [4.69, 9.17) is 0 Å². The molecule has 6 heteroatoms. The van der Waals surface area contributed by atoms with E-state index in [1.54, 1.807) is 24.0 Å². The van der Waals surface area contributed by atoms with Gasteiger partial charge in [-0.25, -0.2) is 4.79 Å². The van der Waals surface area contributed by atoms with Crippen LogP contribution in [0.25, 0.3) is 0 Å². The largest absolute Gasteiger partial charge is 0.332 e. The Balaban J connectivity index is 1.57. The highest BCUT2D eigenvalue weighted by molar-refractivity contribution is 6.16. The number of anilines is 2. The molecular formula is C21H21N3O3. The SMILES string of the molecule is C[C@@H]1Cc2ccccc2N1C(=O)CN1C(=O)[C@H](C)N(c2ccccc2)C1=O. The summed E-state index contributed by atoms with van der Waals surface area (Å²) in [4.78, 5) is 42.7. The molecule has 0 bridgehead atoms. The summed E-state index contributed by atoms with van der Waals surface area (Å²) in [6.45, 7) is 3.42. The average molecular weight is 363 g/mol. The predicted octanol–water partition coefficient (Wildman–Crippen LogP) is 2.82. The van der Waals surface area contributed by atoms with Crippen LogP contribution >= 0.6 is 0 Å². The summed E-state index contributed by atoms with van der Waals surface area (Å²) in [5, 5.41) is 0. The van der Waals surface area contributed by atoms with Crippen LogP contribution < -0.4 is 9.80 Å². The van der Waals surface area contributed by atoms with E-state index in [0.29, 0.717) is 5.69 Å². The van der Waals surface area contributed by atoms with Crippen molar-refractivity contribution in [3.05, 3.63) is 60.2 Å². The van der Waals surface area contributed by atoms with Crippen LogP contribution in [0.5, 0.6) is 0 Å². The molecular weight excluding hydrogens is 342 g/mol. The minimum absolute atomic E-state index is 0.00496. The predicted molar refractivity (Wildman–Crippen MR) is 103 cm³/mol. The van der Waals surface area contributed by atoms with Crippen molar-refractivity contribution in [2.75, 3.05) is 16.3 Å². The van der Waals surface area contributed by atoms with Crippen molar-refractivity contribution in [2.45, 2.75) is 32.4 Å². The fraction of sp³-hybridized carbons (Fsp3) is 0.286. The van der Waals surface area contributed by atoms with E-state index >= 15 is 0 Å². The fourth-order valence-corrected chi connectivity index (χ4v) is 3.95. The molecule has 1 fully saturated rings. The second-order valence-corrected chi connectivity index (χ2v) is 7.03. The highest BCUT2D eigenvalue weighted by Crippen LogP contribution is 2.32. The van der Waals surface area contributed by atoms with Gasteiger partial charge in [-0.15, -0.1) is 0 Å². The first-order chi connectivity index (χ1) is 13.0. The number of nitrogens with zero attached hydrogens (tertiary/aromatic N) is 3. The first-order valence-electron chi connectivity index (χ1n) is 9.08. The van der Waals surface area contributed by atoms with Gasteiger partial charge in [0.25, 0.3) is 5.91 Å². The van der Waals surface area contributed by atoms with Crippen LogP contribution in [-0.2, 0) is 16.0 Å². The van der Waals surface area contributed by atoms with E-state index in [0.717, 1.165) is 22.6 Å². The maximum atomic E-state index is 13.0. The molecule has 0 unspecified atom stereocenters. The lowest BCUT2D eigenvalue weighted by atomic mass is 10.1. The molecule has 0 aromatic heterocycles. The molecule has 4 amide bonds. The molecule has 2 aromatic carbocycles. The van der Waals surface area contributed by atoms with Gasteiger partial charge in [0.15, 0.2) is 0 Å². The number of carbonyl (C=O) groups excluding carboxylic acids is 3. The third-order valence-electron chi connectivity index (χ3n) is 5.25. The summed E-state index contributed by atoms with van der Waals surface area (Å²) in [6, 6.07) is 15.7. The number of urea groups is 1. The van der Waals surface area contributed by atoms with Gasteiger partial charge in [-0.05, 0) is 44.0 Å². The molecule has 138 valence electrons. The van der Waals surface area contributed by atoms with Crippen molar-refractivity contribution < 1.29 is 14.4 Å². The van der Waals surface area contributed by atoms with Crippen molar-refractivity contribution >= 4 is 29.2 Å². The Hall–Kier alpha value is -3.15. The molecule has 1 saturated heterocycles. The Morgan fingerprint density at radius 1 is 1.00 bits per heavy atom. The first-order valence-corrected chi connectivity index (χ1v) is 9.08. The molecule has 27 heavy (non-hydrogen) atoms. The second kappa shape index (κ2) is 6.54. The Morgan fingerprint density at radius 3 is 2.41 bits per heavy atom. The molecule has 6 nitrogen and oxygen atoms in total. The van der Waals surface area contributed by atoms with E-state index in [-0.39, 0.29) is 24.4 Å². The van der Waals surface area contributed by atoms with Gasteiger partial charge in [-0.2, -0.15) is 0 Å². The lowest BCUT2D eigenvalue weighted by molar-refractivity contribution is -0.131. The maximum Gasteiger partial charge on any atom is 0.332 e. The van der Waals surface area contributed by atoms with E-state index in [1.807, 2.05) is 49.4 Å². The highest BCUT2D eigenvalue weighted by atomic mass is 16.2. The zero-order valence-corrected chi connectivity index (χ0v) is 15.3.